The first-order valence-corrected chi connectivity index (χ1v) is 6.52. The minimum atomic E-state index is 0.414. The van der Waals surface area contributed by atoms with Crippen molar-refractivity contribution in [1.29, 1.82) is 5.26 Å². The first-order chi connectivity index (χ1) is 9.69. The quantitative estimate of drug-likeness (QED) is 0.848. The monoisotopic (exact) mass is 287 g/mol. The fourth-order valence-corrected chi connectivity index (χ4v) is 1.84. The lowest BCUT2D eigenvalue weighted by Gasteiger charge is -2.19. The summed E-state index contributed by atoms with van der Waals surface area (Å²) in [5, 5.41) is 9.36. The van der Waals surface area contributed by atoms with Crippen LogP contribution in [0.2, 0.25) is 5.02 Å². The van der Waals surface area contributed by atoms with Gasteiger partial charge in [0, 0.05) is 12.1 Å². The lowest BCUT2D eigenvalue weighted by molar-refractivity contribution is 0.326. The topological polar surface area (TPSA) is 49.1 Å². The van der Waals surface area contributed by atoms with Crippen molar-refractivity contribution in [3.63, 3.8) is 0 Å². The van der Waals surface area contributed by atoms with E-state index in [1.807, 2.05) is 42.3 Å². The summed E-state index contributed by atoms with van der Waals surface area (Å²) in [5.41, 5.74) is 1.36. The summed E-state index contributed by atoms with van der Waals surface area (Å²) in [5.74, 6) is 0.754. The third kappa shape index (κ3) is 3.87. The largest absolute Gasteiger partial charge is 0.492 e. The Kier molecular flexibility index (Phi) is 4.80. The van der Waals surface area contributed by atoms with Crippen LogP contribution in [0.25, 0.3) is 0 Å². The molecule has 1 aromatic heterocycles. The molecule has 5 heteroatoms. The van der Waals surface area contributed by atoms with Gasteiger partial charge in [0.05, 0.1) is 18.4 Å². The molecule has 4 nitrogen and oxygen atoms in total. The van der Waals surface area contributed by atoms with E-state index in [-0.39, 0.29) is 0 Å². The molecule has 0 N–H and O–H groups in total. The highest BCUT2D eigenvalue weighted by Crippen LogP contribution is 2.17. The van der Waals surface area contributed by atoms with Gasteiger partial charge in [-0.1, -0.05) is 17.7 Å². The maximum absolute atomic E-state index is 8.70. The van der Waals surface area contributed by atoms with Crippen LogP contribution in [-0.2, 0) is 0 Å². The highest BCUT2D eigenvalue weighted by molar-refractivity contribution is 6.30. The highest BCUT2D eigenvalue weighted by atomic mass is 35.5. The van der Waals surface area contributed by atoms with E-state index in [9.17, 15) is 0 Å². The Hall–Kier alpha value is -2.25. The van der Waals surface area contributed by atoms with Gasteiger partial charge in [-0.25, -0.2) is 4.98 Å². The number of rotatable bonds is 5. The van der Waals surface area contributed by atoms with Gasteiger partial charge in [0.25, 0.3) is 0 Å². The third-order valence-electron chi connectivity index (χ3n) is 2.79. The van der Waals surface area contributed by atoms with Crippen molar-refractivity contribution in [2.75, 3.05) is 25.1 Å². The van der Waals surface area contributed by atoms with Crippen LogP contribution in [0, 0.1) is 11.3 Å². The predicted octanol–water partition coefficient (Wildman–Crippen LogP) is 3.12. The second-order valence-electron chi connectivity index (χ2n) is 4.24. The number of nitrogens with zero attached hydrogens (tertiary/aromatic N) is 3. The Morgan fingerprint density at radius 2 is 2.20 bits per heavy atom. The molecule has 0 fully saturated rings. The first kappa shape index (κ1) is 14.2. The molecule has 0 amide bonds. The Bertz CT molecular complexity index is 607. The Balaban J connectivity index is 1.85. The molecule has 0 aliphatic heterocycles. The van der Waals surface area contributed by atoms with Crippen LogP contribution in [0.15, 0.2) is 42.6 Å². The number of nitriles is 1. The highest BCUT2D eigenvalue weighted by Gasteiger charge is 2.02. The molecular formula is C15H14ClN3O. The summed E-state index contributed by atoms with van der Waals surface area (Å²) in [7, 11) is 1.95. The van der Waals surface area contributed by atoms with E-state index in [0.717, 1.165) is 11.4 Å². The van der Waals surface area contributed by atoms with Gasteiger partial charge in [-0.2, -0.15) is 5.26 Å². The molecule has 0 saturated heterocycles. The van der Waals surface area contributed by atoms with Crippen molar-refractivity contribution < 1.29 is 4.74 Å². The van der Waals surface area contributed by atoms with E-state index >= 15 is 0 Å². The van der Waals surface area contributed by atoms with Gasteiger partial charge in [-0.3, -0.25) is 0 Å². The molecule has 0 aliphatic carbocycles. The number of likely N-dealkylation sites (N-methyl/N-ethyl adjacent to an activating group) is 1. The maximum Gasteiger partial charge on any atom is 0.140 e. The predicted molar refractivity (Wildman–Crippen MR) is 79.2 cm³/mol. The number of pyridine rings is 1. The second-order valence-corrected chi connectivity index (χ2v) is 4.68. The van der Waals surface area contributed by atoms with Crippen LogP contribution in [0.3, 0.4) is 0 Å². The Labute approximate surface area is 123 Å². The summed E-state index contributed by atoms with van der Waals surface area (Å²) in [4.78, 5) is 6.05. The van der Waals surface area contributed by atoms with Crippen molar-refractivity contribution in [2.24, 2.45) is 0 Å². The number of hydrogen-bond donors (Lipinski definition) is 0. The van der Waals surface area contributed by atoms with E-state index in [2.05, 4.69) is 4.98 Å². The molecule has 0 saturated carbocycles. The summed E-state index contributed by atoms with van der Waals surface area (Å²) >= 11 is 5.89. The van der Waals surface area contributed by atoms with Gasteiger partial charge in [-0.15, -0.1) is 0 Å². The van der Waals surface area contributed by atoms with Gasteiger partial charge in [0.15, 0.2) is 0 Å². The normalized spacial score (nSPS) is 9.85. The fraction of sp³-hybridized carbons (Fsp3) is 0.200. The average Bonchev–Trinajstić information content (AvgIpc) is 2.47. The van der Waals surface area contributed by atoms with Crippen molar-refractivity contribution in [1.82, 2.24) is 4.98 Å². The molecule has 0 bridgehead atoms. The van der Waals surface area contributed by atoms with Gasteiger partial charge in [0.2, 0.25) is 0 Å². The summed E-state index contributed by atoms with van der Waals surface area (Å²) < 4.78 is 5.63. The van der Waals surface area contributed by atoms with Gasteiger partial charge >= 0.3 is 0 Å². The number of benzene rings is 1. The molecule has 102 valence electrons. The van der Waals surface area contributed by atoms with Crippen LogP contribution in [0.5, 0.6) is 5.75 Å². The van der Waals surface area contributed by atoms with E-state index in [4.69, 9.17) is 21.6 Å². The third-order valence-corrected chi connectivity index (χ3v) is 3.03. The lowest BCUT2D eigenvalue weighted by atomic mass is 10.3. The fourth-order valence-electron chi connectivity index (χ4n) is 1.66. The summed E-state index contributed by atoms with van der Waals surface area (Å²) in [6, 6.07) is 12.9. The summed E-state index contributed by atoms with van der Waals surface area (Å²) in [6.45, 7) is 1.25. The maximum atomic E-state index is 8.70. The van der Waals surface area contributed by atoms with Crippen molar-refractivity contribution in [3.8, 4) is 11.8 Å². The van der Waals surface area contributed by atoms with Crippen molar-refractivity contribution >= 4 is 17.3 Å². The van der Waals surface area contributed by atoms with Crippen LogP contribution in [0.1, 0.15) is 5.69 Å². The van der Waals surface area contributed by atoms with Crippen molar-refractivity contribution in [3.05, 3.63) is 53.3 Å². The molecule has 0 radical (unpaired) electrons. The molecule has 1 heterocycles. The van der Waals surface area contributed by atoms with Crippen LogP contribution in [-0.4, -0.2) is 25.2 Å². The second kappa shape index (κ2) is 6.78. The van der Waals surface area contributed by atoms with Crippen LogP contribution >= 0.6 is 11.6 Å². The van der Waals surface area contributed by atoms with E-state index in [1.54, 1.807) is 18.3 Å². The average molecular weight is 288 g/mol. The van der Waals surface area contributed by atoms with E-state index in [1.165, 1.54) is 0 Å². The Morgan fingerprint density at radius 3 is 2.85 bits per heavy atom. The molecular weight excluding hydrogens is 274 g/mol. The van der Waals surface area contributed by atoms with Crippen LogP contribution in [0.4, 0.5) is 5.69 Å². The molecule has 0 spiro atoms. The zero-order chi connectivity index (χ0) is 14.4. The molecule has 0 unspecified atom stereocenters. The number of anilines is 1. The first-order valence-electron chi connectivity index (χ1n) is 6.14. The smallest absolute Gasteiger partial charge is 0.140 e. The molecule has 2 aromatic rings. The number of halogens is 1. The number of hydrogen-bond acceptors (Lipinski definition) is 4. The minimum absolute atomic E-state index is 0.414. The molecule has 2 rings (SSSR count). The molecule has 0 aliphatic rings. The van der Waals surface area contributed by atoms with E-state index in [0.29, 0.717) is 23.9 Å². The molecule has 1 aromatic carbocycles. The summed E-state index contributed by atoms with van der Waals surface area (Å²) in [6.07, 6.45) is 1.68. The zero-order valence-electron chi connectivity index (χ0n) is 11.1. The zero-order valence-corrected chi connectivity index (χ0v) is 11.8. The van der Waals surface area contributed by atoms with Gasteiger partial charge in [-0.05, 0) is 30.3 Å². The van der Waals surface area contributed by atoms with Crippen LogP contribution < -0.4 is 9.64 Å². The van der Waals surface area contributed by atoms with Gasteiger partial charge in [0.1, 0.15) is 24.1 Å². The number of ether oxygens (including phenoxy) is 1. The van der Waals surface area contributed by atoms with E-state index < -0.39 is 0 Å². The SMILES string of the molecule is CN(CCOc1cccc(Cl)c1)c1ccc(C#N)nc1. The Morgan fingerprint density at radius 1 is 1.35 bits per heavy atom. The van der Waals surface area contributed by atoms with Crippen molar-refractivity contribution in [2.45, 2.75) is 0 Å². The number of aromatic nitrogens is 1. The molecule has 20 heavy (non-hydrogen) atoms. The molecule has 0 atom stereocenters. The minimum Gasteiger partial charge on any atom is -0.492 e. The standard InChI is InChI=1S/C15H14ClN3O/c1-19(14-6-5-13(10-17)18-11-14)7-8-20-15-4-2-3-12(16)9-15/h2-6,9,11H,7-8H2,1H3. The van der Waals surface area contributed by atoms with Gasteiger partial charge < -0.3 is 9.64 Å². The lowest BCUT2D eigenvalue weighted by Crippen LogP contribution is -2.23.